The van der Waals surface area contributed by atoms with Crippen LogP contribution in [0.15, 0.2) is 42.5 Å². The molecule has 2 N–H and O–H groups in total. The molecule has 7 heteroatoms. The normalized spacial score (nSPS) is 11.7. The summed E-state index contributed by atoms with van der Waals surface area (Å²) < 4.78 is 5.12. The van der Waals surface area contributed by atoms with E-state index in [-0.39, 0.29) is 11.8 Å². The van der Waals surface area contributed by atoms with Crippen LogP contribution >= 0.6 is 11.6 Å². The van der Waals surface area contributed by atoms with E-state index in [4.69, 9.17) is 16.3 Å². The lowest BCUT2D eigenvalue weighted by Crippen LogP contribution is -2.46. The van der Waals surface area contributed by atoms with Gasteiger partial charge < -0.3 is 15.4 Å². The minimum absolute atomic E-state index is 0.218. The summed E-state index contributed by atoms with van der Waals surface area (Å²) >= 11 is 6.09. The van der Waals surface area contributed by atoms with E-state index in [0.717, 1.165) is 11.1 Å². The van der Waals surface area contributed by atoms with Gasteiger partial charge in [0, 0.05) is 5.56 Å². The molecule has 0 saturated carbocycles. The molecule has 2 aromatic rings. The smallest absolute Gasteiger partial charge is 0.329 e. The zero-order chi connectivity index (χ0) is 21.6. The highest BCUT2D eigenvalue weighted by molar-refractivity contribution is 6.33. The summed E-state index contributed by atoms with van der Waals surface area (Å²) in [5.41, 5.74) is 2.68. The Kier molecular flexibility index (Phi) is 7.79. The second-order valence-corrected chi connectivity index (χ2v) is 7.56. The van der Waals surface area contributed by atoms with Gasteiger partial charge in [0.1, 0.15) is 6.04 Å². The number of hydrogen-bond acceptors (Lipinski definition) is 4. The molecule has 0 fully saturated rings. The highest BCUT2D eigenvalue weighted by Crippen LogP contribution is 2.22. The Labute approximate surface area is 175 Å². The SMILES string of the molecule is Cc1ccc(NC(=O)COC(=O)[C@@H](NC(=O)c2ccccc2C)C(C)C)c(Cl)c1. The molecule has 0 bridgehead atoms. The number of anilines is 1. The molecule has 0 unspecified atom stereocenters. The van der Waals surface area contributed by atoms with E-state index in [2.05, 4.69) is 10.6 Å². The monoisotopic (exact) mass is 416 g/mol. The van der Waals surface area contributed by atoms with Crippen molar-refractivity contribution in [1.82, 2.24) is 5.32 Å². The molecule has 29 heavy (non-hydrogen) atoms. The summed E-state index contributed by atoms with van der Waals surface area (Å²) in [5.74, 6) is -1.77. The molecule has 0 heterocycles. The number of amides is 2. The Bertz CT molecular complexity index is 911. The van der Waals surface area contributed by atoms with Crippen molar-refractivity contribution in [3.05, 3.63) is 64.2 Å². The molecule has 0 aliphatic rings. The summed E-state index contributed by atoms with van der Waals surface area (Å²) in [6, 6.07) is 11.4. The fraction of sp³-hybridized carbons (Fsp3) is 0.318. The van der Waals surface area contributed by atoms with Gasteiger partial charge in [0.05, 0.1) is 10.7 Å². The van der Waals surface area contributed by atoms with E-state index in [9.17, 15) is 14.4 Å². The van der Waals surface area contributed by atoms with Crippen LogP contribution < -0.4 is 10.6 Å². The average Bonchev–Trinajstić information content (AvgIpc) is 2.66. The molecular weight excluding hydrogens is 392 g/mol. The molecule has 0 aliphatic heterocycles. The van der Waals surface area contributed by atoms with Gasteiger partial charge >= 0.3 is 5.97 Å². The van der Waals surface area contributed by atoms with Gasteiger partial charge in [0.2, 0.25) is 0 Å². The van der Waals surface area contributed by atoms with Crippen molar-refractivity contribution < 1.29 is 19.1 Å². The molecule has 1 atom stereocenters. The molecular formula is C22H25ClN2O4. The van der Waals surface area contributed by atoms with Gasteiger partial charge in [-0.1, -0.05) is 49.7 Å². The summed E-state index contributed by atoms with van der Waals surface area (Å²) in [7, 11) is 0. The third kappa shape index (κ3) is 6.32. The lowest BCUT2D eigenvalue weighted by Gasteiger charge is -2.21. The van der Waals surface area contributed by atoms with Crippen LogP contribution in [0.4, 0.5) is 5.69 Å². The molecule has 0 aromatic heterocycles. The van der Waals surface area contributed by atoms with Gasteiger partial charge in [0.15, 0.2) is 6.61 Å². The van der Waals surface area contributed by atoms with E-state index >= 15 is 0 Å². The fourth-order valence-corrected chi connectivity index (χ4v) is 2.96. The molecule has 6 nitrogen and oxygen atoms in total. The number of hydrogen-bond donors (Lipinski definition) is 2. The second-order valence-electron chi connectivity index (χ2n) is 7.15. The van der Waals surface area contributed by atoms with Gasteiger partial charge in [-0.3, -0.25) is 9.59 Å². The van der Waals surface area contributed by atoms with Crippen LogP contribution in [0.1, 0.15) is 35.3 Å². The number of rotatable bonds is 7. The highest BCUT2D eigenvalue weighted by atomic mass is 35.5. The standard InChI is InChI=1S/C22H25ClN2O4/c1-13(2)20(25-21(27)16-8-6-5-7-15(16)4)22(28)29-12-19(26)24-18-10-9-14(3)11-17(18)23/h5-11,13,20H,12H2,1-4H3,(H,24,26)(H,25,27)/t20-/m0/s1. The van der Waals surface area contributed by atoms with E-state index in [0.29, 0.717) is 16.3 Å². The largest absolute Gasteiger partial charge is 0.454 e. The molecule has 2 aromatic carbocycles. The van der Waals surface area contributed by atoms with Crippen molar-refractivity contribution in [1.29, 1.82) is 0 Å². The number of carbonyl (C=O) groups is 3. The van der Waals surface area contributed by atoms with Gasteiger partial charge in [-0.15, -0.1) is 0 Å². The van der Waals surface area contributed by atoms with E-state index in [1.165, 1.54) is 0 Å². The fourth-order valence-electron chi connectivity index (χ4n) is 2.68. The van der Waals surface area contributed by atoms with Crippen LogP contribution in [0.3, 0.4) is 0 Å². The Balaban J connectivity index is 1.96. The zero-order valence-corrected chi connectivity index (χ0v) is 17.7. The maximum atomic E-state index is 12.5. The van der Waals surface area contributed by atoms with Gasteiger partial charge in [-0.2, -0.15) is 0 Å². The molecule has 0 spiro atoms. The van der Waals surface area contributed by atoms with Crippen LogP contribution in [0.2, 0.25) is 5.02 Å². The van der Waals surface area contributed by atoms with Crippen molar-refractivity contribution in [2.24, 2.45) is 5.92 Å². The van der Waals surface area contributed by atoms with Crippen LogP contribution in [0.25, 0.3) is 0 Å². The topological polar surface area (TPSA) is 84.5 Å². The summed E-state index contributed by atoms with van der Waals surface area (Å²) in [5, 5.41) is 5.69. The number of benzene rings is 2. The quantitative estimate of drug-likeness (QED) is 0.670. The Hall–Kier alpha value is -2.86. The molecule has 154 valence electrons. The van der Waals surface area contributed by atoms with E-state index in [1.807, 2.05) is 32.0 Å². The summed E-state index contributed by atoms with van der Waals surface area (Å²) in [6.45, 7) is 6.80. The number of halogens is 1. The Morgan fingerprint density at radius 3 is 2.38 bits per heavy atom. The van der Waals surface area contributed by atoms with Crippen LogP contribution in [-0.4, -0.2) is 30.4 Å². The lowest BCUT2D eigenvalue weighted by atomic mass is 10.0. The lowest BCUT2D eigenvalue weighted by molar-refractivity contribution is -0.150. The molecule has 0 radical (unpaired) electrons. The number of ether oxygens (including phenoxy) is 1. The van der Waals surface area contributed by atoms with Gasteiger partial charge in [-0.25, -0.2) is 4.79 Å². The minimum atomic E-state index is -0.877. The first-order valence-electron chi connectivity index (χ1n) is 9.28. The van der Waals surface area contributed by atoms with Crippen molar-refractivity contribution in [3.8, 4) is 0 Å². The summed E-state index contributed by atoms with van der Waals surface area (Å²) in [4.78, 5) is 37.1. The molecule has 2 amide bonds. The maximum Gasteiger partial charge on any atom is 0.329 e. The van der Waals surface area contributed by atoms with Crippen LogP contribution in [-0.2, 0) is 14.3 Å². The number of aryl methyl sites for hydroxylation is 2. The van der Waals surface area contributed by atoms with E-state index < -0.39 is 24.5 Å². The Morgan fingerprint density at radius 2 is 1.76 bits per heavy atom. The van der Waals surface area contributed by atoms with Crippen molar-refractivity contribution >= 4 is 35.1 Å². The van der Waals surface area contributed by atoms with Crippen molar-refractivity contribution in [2.75, 3.05) is 11.9 Å². The van der Waals surface area contributed by atoms with Crippen LogP contribution in [0.5, 0.6) is 0 Å². The number of esters is 1. The van der Waals surface area contributed by atoms with E-state index in [1.54, 1.807) is 38.1 Å². The van der Waals surface area contributed by atoms with Crippen molar-refractivity contribution in [3.63, 3.8) is 0 Å². The van der Waals surface area contributed by atoms with Crippen LogP contribution in [0, 0.1) is 19.8 Å². The summed E-state index contributed by atoms with van der Waals surface area (Å²) in [6.07, 6.45) is 0. The third-order valence-electron chi connectivity index (χ3n) is 4.34. The predicted octanol–water partition coefficient (Wildman–Crippen LogP) is 3.89. The third-order valence-corrected chi connectivity index (χ3v) is 4.65. The minimum Gasteiger partial charge on any atom is -0.454 e. The molecule has 0 aliphatic carbocycles. The average molecular weight is 417 g/mol. The maximum absolute atomic E-state index is 12.5. The van der Waals surface area contributed by atoms with Gasteiger partial charge in [-0.05, 0) is 49.1 Å². The predicted molar refractivity (Wildman–Crippen MR) is 113 cm³/mol. The number of carbonyl (C=O) groups excluding carboxylic acids is 3. The molecule has 0 saturated heterocycles. The number of nitrogens with one attached hydrogen (secondary N) is 2. The second kappa shape index (κ2) is 10.1. The van der Waals surface area contributed by atoms with Gasteiger partial charge in [0.25, 0.3) is 11.8 Å². The first-order valence-corrected chi connectivity index (χ1v) is 9.66. The first kappa shape index (κ1) is 22.4. The molecule has 2 rings (SSSR count). The Morgan fingerprint density at radius 1 is 1.07 bits per heavy atom. The zero-order valence-electron chi connectivity index (χ0n) is 16.9. The highest BCUT2D eigenvalue weighted by Gasteiger charge is 2.27. The first-order chi connectivity index (χ1) is 13.7. The van der Waals surface area contributed by atoms with Crippen molar-refractivity contribution in [2.45, 2.75) is 33.7 Å².